The number of amides is 1. The maximum Gasteiger partial charge on any atom is 0.416 e. The van der Waals surface area contributed by atoms with Crippen molar-refractivity contribution >= 4 is 22.8 Å². The Hall–Kier alpha value is -4.27. The summed E-state index contributed by atoms with van der Waals surface area (Å²) in [7, 11) is 1.67. The highest BCUT2D eigenvalue weighted by molar-refractivity contribution is 6.04. The second-order valence-corrected chi connectivity index (χ2v) is 8.00. The van der Waals surface area contributed by atoms with Crippen molar-refractivity contribution in [1.82, 2.24) is 9.88 Å². The summed E-state index contributed by atoms with van der Waals surface area (Å²) >= 11 is 0. The lowest BCUT2D eigenvalue weighted by atomic mass is 10.1. The second-order valence-electron chi connectivity index (χ2n) is 8.00. The van der Waals surface area contributed by atoms with Gasteiger partial charge < -0.3 is 19.7 Å². The zero-order valence-corrected chi connectivity index (χ0v) is 18.8. The van der Waals surface area contributed by atoms with E-state index in [-0.39, 0.29) is 22.8 Å². The number of carbonyl (C=O) groups is 2. The fourth-order valence-electron chi connectivity index (χ4n) is 3.83. The number of ether oxygens (including phenoxy) is 1. The van der Waals surface area contributed by atoms with E-state index in [0.717, 1.165) is 12.1 Å². The normalized spacial score (nSPS) is 12.4. The number of fused-ring (bicyclic) bond motifs is 1. The number of nitrogens with zero attached hydrogens (tertiary/aromatic N) is 1. The molecule has 0 aliphatic heterocycles. The van der Waals surface area contributed by atoms with Crippen LogP contribution in [0.25, 0.3) is 10.9 Å². The summed E-state index contributed by atoms with van der Waals surface area (Å²) in [6.07, 6.45) is -4.54. The van der Waals surface area contributed by atoms with Crippen molar-refractivity contribution in [2.75, 3.05) is 0 Å². The number of aromatic nitrogens is 1. The quantitative estimate of drug-likeness (QED) is 0.344. The third-order valence-electron chi connectivity index (χ3n) is 5.66. The van der Waals surface area contributed by atoms with Gasteiger partial charge in [0.15, 0.2) is 11.4 Å². The molecule has 0 radical (unpaired) electrons. The number of hydrogen-bond donors (Lipinski definition) is 2. The molecule has 1 heterocycles. The first-order chi connectivity index (χ1) is 16.6. The zero-order chi connectivity index (χ0) is 25.3. The maximum absolute atomic E-state index is 13.3. The third kappa shape index (κ3) is 4.84. The van der Waals surface area contributed by atoms with E-state index in [1.807, 2.05) is 0 Å². The standard InChI is InChI=1S/C26H21F3N2O4/c1-15(16-10-12-17(13-11-16)25(33)34)30-24(32)22-23(20-8-3-4-9-21(20)31(22)2)35-19-7-5-6-18(14-19)26(27,28)29/h3-15H,1-2H3,(H,30,32)(H,33,34)/t15-/m0/s1. The van der Waals surface area contributed by atoms with E-state index in [1.165, 1.54) is 24.3 Å². The van der Waals surface area contributed by atoms with Gasteiger partial charge in [0, 0.05) is 12.4 Å². The van der Waals surface area contributed by atoms with Crippen LogP contribution in [-0.4, -0.2) is 21.6 Å². The average Bonchev–Trinajstić information content (AvgIpc) is 3.10. The number of aryl methyl sites for hydroxylation is 1. The lowest BCUT2D eigenvalue weighted by Gasteiger charge is -2.16. The van der Waals surface area contributed by atoms with Crippen LogP contribution in [0.4, 0.5) is 13.2 Å². The highest BCUT2D eigenvalue weighted by Gasteiger charge is 2.31. The van der Waals surface area contributed by atoms with Gasteiger partial charge in [0.1, 0.15) is 5.75 Å². The Kier molecular flexibility index (Phi) is 6.26. The molecule has 0 bridgehead atoms. The molecule has 4 aromatic rings. The Bertz CT molecular complexity index is 1410. The number of carboxylic acid groups (broad SMARTS) is 1. The molecular formula is C26H21F3N2O4. The van der Waals surface area contributed by atoms with Crippen LogP contribution in [-0.2, 0) is 13.2 Å². The van der Waals surface area contributed by atoms with Gasteiger partial charge in [-0.25, -0.2) is 4.79 Å². The number of carboxylic acids is 1. The zero-order valence-electron chi connectivity index (χ0n) is 18.8. The molecule has 0 saturated carbocycles. The number of alkyl halides is 3. The summed E-state index contributed by atoms with van der Waals surface area (Å²) in [5.74, 6) is -1.48. The molecule has 1 aromatic heterocycles. The molecule has 0 aliphatic carbocycles. The maximum atomic E-state index is 13.3. The van der Waals surface area contributed by atoms with Crippen LogP contribution in [0.2, 0.25) is 0 Å². The Morgan fingerprint density at radius 3 is 2.34 bits per heavy atom. The van der Waals surface area contributed by atoms with Gasteiger partial charge in [-0.2, -0.15) is 13.2 Å². The van der Waals surface area contributed by atoms with Crippen molar-refractivity contribution in [3.8, 4) is 11.5 Å². The summed E-state index contributed by atoms with van der Waals surface area (Å²) in [6, 6.07) is 17.1. The lowest BCUT2D eigenvalue weighted by molar-refractivity contribution is -0.137. The number of nitrogens with one attached hydrogen (secondary N) is 1. The molecule has 0 saturated heterocycles. The third-order valence-corrected chi connectivity index (χ3v) is 5.66. The molecule has 0 fully saturated rings. The summed E-state index contributed by atoms with van der Waals surface area (Å²) in [5, 5.41) is 12.5. The number of aromatic carboxylic acids is 1. The first kappa shape index (κ1) is 23.9. The smallest absolute Gasteiger partial charge is 0.416 e. The second kappa shape index (κ2) is 9.17. The van der Waals surface area contributed by atoms with Crippen LogP contribution < -0.4 is 10.1 Å². The Morgan fingerprint density at radius 2 is 1.69 bits per heavy atom. The van der Waals surface area contributed by atoms with E-state index in [0.29, 0.717) is 16.5 Å². The average molecular weight is 482 g/mol. The largest absolute Gasteiger partial charge is 0.478 e. The SMILES string of the molecule is C[C@H](NC(=O)c1c(Oc2cccc(C(F)(F)F)c2)c2ccccc2n1C)c1ccc(C(=O)O)cc1. The number of benzene rings is 3. The van der Waals surface area contributed by atoms with E-state index in [4.69, 9.17) is 9.84 Å². The predicted octanol–water partition coefficient (Wildman–Crippen LogP) is 6.18. The minimum atomic E-state index is -4.54. The highest BCUT2D eigenvalue weighted by Crippen LogP contribution is 2.38. The van der Waals surface area contributed by atoms with Gasteiger partial charge in [-0.15, -0.1) is 0 Å². The van der Waals surface area contributed by atoms with E-state index < -0.39 is 29.7 Å². The van der Waals surface area contributed by atoms with Crippen LogP contribution in [0.5, 0.6) is 11.5 Å². The van der Waals surface area contributed by atoms with Crippen LogP contribution >= 0.6 is 0 Å². The Balaban J connectivity index is 1.69. The highest BCUT2D eigenvalue weighted by atomic mass is 19.4. The number of rotatable bonds is 6. The molecule has 180 valence electrons. The van der Waals surface area contributed by atoms with Crippen molar-refractivity contribution < 1.29 is 32.6 Å². The Labute approximate surface area is 198 Å². The van der Waals surface area contributed by atoms with Crippen molar-refractivity contribution in [3.05, 3.63) is 95.2 Å². The molecule has 1 amide bonds. The number of para-hydroxylation sites is 1. The summed E-state index contributed by atoms with van der Waals surface area (Å²) < 4.78 is 47.1. The van der Waals surface area contributed by atoms with Crippen molar-refractivity contribution in [1.29, 1.82) is 0 Å². The van der Waals surface area contributed by atoms with Gasteiger partial charge in [-0.1, -0.05) is 30.3 Å². The number of carbonyl (C=O) groups excluding carboxylic acids is 1. The van der Waals surface area contributed by atoms with Gasteiger partial charge in [0.05, 0.1) is 22.7 Å². The molecule has 0 aliphatic rings. The Morgan fingerprint density at radius 1 is 1.00 bits per heavy atom. The fourth-order valence-corrected chi connectivity index (χ4v) is 3.83. The first-order valence-electron chi connectivity index (χ1n) is 10.6. The van der Waals surface area contributed by atoms with Gasteiger partial charge in [0.2, 0.25) is 0 Å². The molecule has 3 aromatic carbocycles. The lowest BCUT2D eigenvalue weighted by Crippen LogP contribution is -2.28. The van der Waals surface area contributed by atoms with E-state index in [1.54, 1.807) is 54.9 Å². The van der Waals surface area contributed by atoms with Crippen molar-refractivity contribution in [2.45, 2.75) is 19.1 Å². The van der Waals surface area contributed by atoms with Gasteiger partial charge in [0.25, 0.3) is 5.91 Å². The fraction of sp³-hybridized carbons (Fsp3) is 0.154. The van der Waals surface area contributed by atoms with Crippen LogP contribution in [0.1, 0.15) is 44.9 Å². The summed E-state index contributed by atoms with van der Waals surface area (Å²) in [4.78, 5) is 24.4. The molecular weight excluding hydrogens is 461 g/mol. The van der Waals surface area contributed by atoms with Gasteiger partial charge >= 0.3 is 12.1 Å². The van der Waals surface area contributed by atoms with Crippen molar-refractivity contribution in [3.63, 3.8) is 0 Å². The molecule has 4 rings (SSSR count). The molecule has 0 unspecified atom stereocenters. The topological polar surface area (TPSA) is 80.6 Å². The van der Waals surface area contributed by atoms with Crippen LogP contribution in [0, 0.1) is 0 Å². The van der Waals surface area contributed by atoms with Gasteiger partial charge in [-0.3, -0.25) is 4.79 Å². The molecule has 2 N–H and O–H groups in total. The number of halogens is 3. The molecule has 1 atom stereocenters. The molecule has 0 spiro atoms. The first-order valence-corrected chi connectivity index (χ1v) is 10.6. The van der Waals surface area contributed by atoms with Crippen molar-refractivity contribution in [2.24, 2.45) is 7.05 Å². The minimum Gasteiger partial charge on any atom is -0.478 e. The summed E-state index contributed by atoms with van der Waals surface area (Å²) in [5.41, 5.74) is 0.746. The molecule has 6 nitrogen and oxygen atoms in total. The monoisotopic (exact) mass is 482 g/mol. The minimum absolute atomic E-state index is 0.0532. The van der Waals surface area contributed by atoms with E-state index in [9.17, 15) is 22.8 Å². The van der Waals surface area contributed by atoms with Crippen LogP contribution in [0.3, 0.4) is 0 Å². The predicted molar refractivity (Wildman–Crippen MR) is 124 cm³/mol. The number of hydrogen-bond acceptors (Lipinski definition) is 3. The van der Waals surface area contributed by atoms with Gasteiger partial charge in [-0.05, 0) is 55.0 Å². The van der Waals surface area contributed by atoms with Crippen LogP contribution in [0.15, 0.2) is 72.8 Å². The van der Waals surface area contributed by atoms with E-state index in [2.05, 4.69) is 5.32 Å². The summed E-state index contributed by atoms with van der Waals surface area (Å²) in [6.45, 7) is 1.74. The molecule has 35 heavy (non-hydrogen) atoms. The molecule has 9 heteroatoms. The van der Waals surface area contributed by atoms with E-state index >= 15 is 0 Å².